The summed E-state index contributed by atoms with van der Waals surface area (Å²) in [4.78, 5) is -0.394. The second kappa shape index (κ2) is 5.33. The Hall–Kier alpha value is 0.540. The van der Waals surface area contributed by atoms with Gasteiger partial charge in [-0.3, -0.25) is 0 Å². The highest BCUT2D eigenvalue weighted by Crippen LogP contribution is 2.15. The normalized spacial score (nSPS) is 14.3. The molecule has 0 aromatic carbocycles. The molecular formula is C6H12Cl2O. The molecule has 0 saturated heterocycles. The Bertz CT molecular complexity index is 66.1. The molecule has 1 unspecified atom stereocenters. The SMILES string of the molecule is CCCC(OC)C(Cl)Cl. The fraction of sp³-hybridized carbons (Fsp3) is 1.00. The molecule has 0 rings (SSSR count). The quantitative estimate of drug-likeness (QED) is 0.590. The van der Waals surface area contributed by atoms with Crippen LogP contribution in [0.5, 0.6) is 0 Å². The van der Waals surface area contributed by atoms with Gasteiger partial charge in [-0.2, -0.15) is 0 Å². The van der Waals surface area contributed by atoms with Gasteiger partial charge in [0, 0.05) is 7.11 Å². The summed E-state index contributed by atoms with van der Waals surface area (Å²) in [5, 5.41) is 0. The van der Waals surface area contributed by atoms with Crippen molar-refractivity contribution in [3.05, 3.63) is 0 Å². The van der Waals surface area contributed by atoms with Gasteiger partial charge >= 0.3 is 0 Å². The molecule has 0 aromatic rings. The van der Waals surface area contributed by atoms with Crippen molar-refractivity contribution in [3.63, 3.8) is 0 Å². The van der Waals surface area contributed by atoms with Crippen LogP contribution < -0.4 is 0 Å². The Kier molecular flexibility index (Phi) is 5.65. The minimum absolute atomic E-state index is 0.00154. The zero-order valence-corrected chi connectivity index (χ0v) is 7.24. The van der Waals surface area contributed by atoms with Crippen LogP contribution in [0.25, 0.3) is 0 Å². The molecule has 0 aliphatic rings. The van der Waals surface area contributed by atoms with Crippen molar-refractivity contribution in [2.45, 2.75) is 30.7 Å². The van der Waals surface area contributed by atoms with Crippen LogP contribution in [0.2, 0.25) is 0 Å². The smallest absolute Gasteiger partial charge is 0.133 e. The number of hydrogen-bond acceptors (Lipinski definition) is 1. The molecule has 0 aliphatic heterocycles. The molecule has 0 bridgehead atoms. The Balaban J connectivity index is 3.41. The van der Waals surface area contributed by atoms with Gasteiger partial charge in [0.05, 0.1) is 6.10 Å². The van der Waals surface area contributed by atoms with Gasteiger partial charge in [0.15, 0.2) is 0 Å². The number of rotatable bonds is 4. The zero-order chi connectivity index (χ0) is 7.28. The predicted molar refractivity (Wildman–Crippen MR) is 41.2 cm³/mol. The number of alkyl halides is 2. The molecule has 1 nitrogen and oxygen atoms in total. The van der Waals surface area contributed by atoms with E-state index in [0.29, 0.717) is 0 Å². The Morgan fingerprint density at radius 3 is 2.11 bits per heavy atom. The maximum atomic E-state index is 5.56. The number of halogens is 2. The largest absolute Gasteiger partial charge is 0.379 e. The number of methoxy groups -OCH3 is 1. The first kappa shape index (κ1) is 9.54. The molecule has 0 aliphatic carbocycles. The fourth-order valence-electron chi connectivity index (χ4n) is 0.631. The zero-order valence-electron chi connectivity index (χ0n) is 5.73. The van der Waals surface area contributed by atoms with E-state index in [2.05, 4.69) is 6.92 Å². The van der Waals surface area contributed by atoms with E-state index in [0.717, 1.165) is 12.8 Å². The third kappa shape index (κ3) is 4.01. The molecule has 0 N–H and O–H groups in total. The molecule has 56 valence electrons. The Morgan fingerprint density at radius 2 is 2.00 bits per heavy atom. The van der Waals surface area contributed by atoms with Crippen molar-refractivity contribution in [1.82, 2.24) is 0 Å². The van der Waals surface area contributed by atoms with Crippen LogP contribution in [0.4, 0.5) is 0 Å². The van der Waals surface area contributed by atoms with Gasteiger partial charge in [0.1, 0.15) is 4.84 Å². The van der Waals surface area contributed by atoms with Crippen LogP contribution in [0.3, 0.4) is 0 Å². The Morgan fingerprint density at radius 1 is 1.44 bits per heavy atom. The minimum Gasteiger partial charge on any atom is -0.379 e. The van der Waals surface area contributed by atoms with E-state index >= 15 is 0 Å². The summed E-state index contributed by atoms with van der Waals surface area (Å²) >= 11 is 11.1. The van der Waals surface area contributed by atoms with Gasteiger partial charge in [-0.05, 0) is 6.42 Å². The molecule has 0 amide bonds. The van der Waals surface area contributed by atoms with Crippen molar-refractivity contribution in [1.29, 1.82) is 0 Å². The minimum atomic E-state index is -0.394. The summed E-state index contributed by atoms with van der Waals surface area (Å²) in [6.07, 6.45) is 1.97. The summed E-state index contributed by atoms with van der Waals surface area (Å²) in [5.41, 5.74) is 0. The van der Waals surface area contributed by atoms with Gasteiger partial charge in [-0.1, -0.05) is 13.3 Å². The van der Waals surface area contributed by atoms with Gasteiger partial charge in [0.25, 0.3) is 0 Å². The summed E-state index contributed by atoms with van der Waals surface area (Å²) in [5.74, 6) is 0. The van der Waals surface area contributed by atoms with Gasteiger partial charge in [0.2, 0.25) is 0 Å². The molecule has 0 radical (unpaired) electrons. The van der Waals surface area contributed by atoms with Crippen LogP contribution >= 0.6 is 23.2 Å². The first-order chi connectivity index (χ1) is 4.22. The molecule has 0 heterocycles. The van der Waals surface area contributed by atoms with Crippen molar-refractivity contribution in [2.24, 2.45) is 0 Å². The maximum absolute atomic E-state index is 5.56. The third-order valence-corrected chi connectivity index (χ3v) is 1.72. The van der Waals surface area contributed by atoms with Crippen LogP contribution in [0, 0.1) is 0 Å². The molecular weight excluding hydrogens is 159 g/mol. The van der Waals surface area contributed by atoms with Gasteiger partial charge in [-0.15, -0.1) is 23.2 Å². The lowest BCUT2D eigenvalue weighted by atomic mass is 10.2. The van der Waals surface area contributed by atoms with Crippen molar-refractivity contribution >= 4 is 23.2 Å². The van der Waals surface area contributed by atoms with E-state index in [9.17, 15) is 0 Å². The summed E-state index contributed by atoms with van der Waals surface area (Å²) < 4.78 is 4.99. The van der Waals surface area contributed by atoms with E-state index in [1.807, 2.05) is 0 Å². The average molecular weight is 171 g/mol. The van der Waals surface area contributed by atoms with E-state index < -0.39 is 4.84 Å². The van der Waals surface area contributed by atoms with Crippen LogP contribution in [0.15, 0.2) is 0 Å². The summed E-state index contributed by atoms with van der Waals surface area (Å²) in [6.45, 7) is 2.07. The van der Waals surface area contributed by atoms with E-state index in [4.69, 9.17) is 27.9 Å². The fourth-order valence-corrected chi connectivity index (χ4v) is 1.09. The Labute approximate surface area is 66.3 Å². The molecule has 0 saturated carbocycles. The highest BCUT2D eigenvalue weighted by molar-refractivity contribution is 6.44. The first-order valence-corrected chi connectivity index (χ1v) is 3.90. The summed E-state index contributed by atoms with van der Waals surface area (Å²) in [7, 11) is 1.62. The predicted octanol–water partition coefficient (Wildman–Crippen LogP) is 2.61. The number of ether oxygens (including phenoxy) is 1. The third-order valence-electron chi connectivity index (χ3n) is 1.16. The lowest BCUT2D eigenvalue weighted by Gasteiger charge is -2.13. The second-order valence-electron chi connectivity index (χ2n) is 1.90. The molecule has 9 heavy (non-hydrogen) atoms. The van der Waals surface area contributed by atoms with Crippen LogP contribution in [0.1, 0.15) is 19.8 Å². The van der Waals surface area contributed by atoms with E-state index in [-0.39, 0.29) is 6.10 Å². The standard InChI is InChI=1S/C6H12Cl2O/c1-3-4-5(9-2)6(7)8/h5-6H,3-4H2,1-2H3. The lowest BCUT2D eigenvalue weighted by Crippen LogP contribution is -2.17. The van der Waals surface area contributed by atoms with Crippen LogP contribution in [-0.4, -0.2) is 18.1 Å². The van der Waals surface area contributed by atoms with Crippen molar-refractivity contribution < 1.29 is 4.74 Å². The topological polar surface area (TPSA) is 9.23 Å². The lowest BCUT2D eigenvalue weighted by molar-refractivity contribution is 0.105. The average Bonchev–Trinajstić information content (AvgIpc) is 1.82. The molecule has 0 spiro atoms. The van der Waals surface area contributed by atoms with E-state index in [1.165, 1.54) is 0 Å². The highest BCUT2D eigenvalue weighted by Gasteiger charge is 2.13. The van der Waals surface area contributed by atoms with Crippen LogP contribution in [-0.2, 0) is 4.74 Å². The molecule has 0 fully saturated rings. The van der Waals surface area contributed by atoms with E-state index in [1.54, 1.807) is 7.11 Å². The highest BCUT2D eigenvalue weighted by atomic mass is 35.5. The van der Waals surface area contributed by atoms with Gasteiger partial charge < -0.3 is 4.74 Å². The van der Waals surface area contributed by atoms with Crippen molar-refractivity contribution in [3.8, 4) is 0 Å². The summed E-state index contributed by atoms with van der Waals surface area (Å²) in [6, 6.07) is 0. The molecule has 3 heteroatoms. The van der Waals surface area contributed by atoms with Gasteiger partial charge in [-0.25, -0.2) is 0 Å². The first-order valence-electron chi connectivity index (χ1n) is 3.03. The monoisotopic (exact) mass is 170 g/mol. The van der Waals surface area contributed by atoms with Crippen molar-refractivity contribution in [2.75, 3.05) is 7.11 Å². The molecule has 0 aromatic heterocycles. The maximum Gasteiger partial charge on any atom is 0.133 e. The second-order valence-corrected chi connectivity index (χ2v) is 3.06. The number of hydrogen-bond donors (Lipinski definition) is 0. The molecule has 1 atom stereocenters.